The van der Waals surface area contributed by atoms with Crippen molar-refractivity contribution in [2.24, 2.45) is 5.14 Å². The summed E-state index contributed by atoms with van der Waals surface area (Å²) in [6.07, 6.45) is 0. The van der Waals surface area contributed by atoms with Gasteiger partial charge in [0.15, 0.2) is 0 Å². The summed E-state index contributed by atoms with van der Waals surface area (Å²) < 4.78 is 23.0. The van der Waals surface area contributed by atoms with Crippen LogP contribution in [0.2, 0.25) is 0 Å². The van der Waals surface area contributed by atoms with Crippen LogP contribution in [-0.4, -0.2) is 8.42 Å². The average Bonchev–Trinajstić information content (AvgIpc) is 2.72. The molecule has 0 fully saturated rings. The third-order valence-corrected chi connectivity index (χ3v) is 4.99. The van der Waals surface area contributed by atoms with Crippen molar-refractivity contribution in [2.45, 2.75) is 11.4 Å². The lowest BCUT2D eigenvalue weighted by molar-refractivity contribution is 0.598. The molecule has 1 heterocycles. The van der Waals surface area contributed by atoms with Gasteiger partial charge in [0.2, 0.25) is 10.0 Å². The van der Waals surface area contributed by atoms with Gasteiger partial charge in [0.25, 0.3) is 0 Å². The van der Waals surface area contributed by atoms with Gasteiger partial charge in [-0.15, -0.1) is 11.3 Å². The fraction of sp³-hybridized carbons (Fsp3) is 0.0909. The van der Waals surface area contributed by atoms with Crippen LogP contribution >= 0.6 is 27.3 Å². The first-order chi connectivity index (χ1) is 8.88. The molecular weight excluding hydrogens is 350 g/mol. The Morgan fingerprint density at radius 1 is 1.32 bits per heavy atom. The highest BCUT2D eigenvalue weighted by atomic mass is 79.9. The summed E-state index contributed by atoms with van der Waals surface area (Å²) in [5.41, 5.74) is 7.31. The molecule has 0 aliphatic rings. The number of sulfonamides is 1. The summed E-state index contributed by atoms with van der Waals surface area (Å²) in [7, 11) is -3.68. The molecule has 5 nitrogen and oxygen atoms in total. The summed E-state index contributed by atoms with van der Waals surface area (Å²) in [6, 6.07) is 6.43. The van der Waals surface area contributed by atoms with E-state index >= 15 is 0 Å². The Morgan fingerprint density at radius 3 is 2.58 bits per heavy atom. The summed E-state index contributed by atoms with van der Waals surface area (Å²) in [4.78, 5) is 1.10. The minimum absolute atomic E-state index is 0.0700. The van der Waals surface area contributed by atoms with Gasteiger partial charge in [0.1, 0.15) is 0 Å². The van der Waals surface area contributed by atoms with E-state index in [4.69, 9.17) is 10.9 Å². The number of halogens is 1. The first-order valence-electron chi connectivity index (χ1n) is 5.26. The topological polar surface area (TPSA) is 98.2 Å². The number of primary sulfonamides is 1. The van der Waals surface area contributed by atoms with Crippen LogP contribution in [0.1, 0.15) is 4.88 Å². The first kappa shape index (κ1) is 14.3. The highest BCUT2D eigenvalue weighted by Crippen LogP contribution is 2.27. The molecule has 0 radical (unpaired) electrons. The second-order valence-electron chi connectivity index (χ2n) is 3.84. The summed E-state index contributed by atoms with van der Waals surface area (Å²) >= 11 is 4.88. The van der Waals surface area contributed by atoms with Crippen molar-refractivity contribution in [3.05, 3.63) is 39.0 Å². The molecule has 0 bridgehead atoms. The Hall–Kier alpha value is -1.09. The average molecular weight is 362 g/mol. The van der Waals surface area contributed by atoms with Crippen molar-refractivity contribution < 1.29 is 8.42 Å². The molecule has 0 spiro atoms. The van der Waals surface area contributed by atoms with Gasteiger partial charge in [-0.3, -0.25) is 0 Å². The summed E-state index contributed by atoms with van der Waals surface area (Å²) in [5, 5.41) is 10.2. The molecule has 1 aromatic carbocycles. The van der Waals surface area contributed by atoms with E-state index in [2.05, 4.69) is 21.2 Å². The molecule has 0 unspecified atom stereocenters. The van der Waals surface area contributed by atoms with Crippen LogP contribution < -0.4 is 16.2 Å². The number of nitrogens with two attached hydrogens (primary N) is 2. The molecule has 0 saturated carbocycles. The third-order valence-electron chi connectivity index (χ3n) is 2.49. The monoisotopic (exact) mass is 361 g/mol. The van der Waals surface area contributed by atoms with E-state index in [1.807, 2.05) is 11.4 Å². The standard InChI is InChI=1S/C11H12BrN3O2S2/c12-8-5-7(19(14,16)17)1-2-10(8)15-6-11-9(13)3-4-18-11/h1-5,15H,6,13H2,(H2,14,16,17). The van der Waals surface area contributed by atoms with Crippen LogP contribution in [-0.2, 0) is 16.6 Å². The van der Waals surface area contributed by atoms with Crippen molar-refractivity contribution in [3.63, 3.8) is 0 Å². The van der Waals surface area contributed by atoms with Gasteiger partial charge in [0, 0.05) is 20.7 Å². The van der Waals surface area contributed by atoms with E-state index in [1.165, 1.54) is 12.1 Å². The van der Waals surface area contributed by atoms with Gasteiger partial charge < -0.3 is 11.1 Å². The van der Waals surface area contributed by atoms with Crippen molar-refractivity contribution in [1.29, 1.82) is 0 Å². The Bertz CT molecular complexity index is 698. The zero-order valence-electron chi connectivity index (χ0n) is 9.76. The molecular formula is C11H12BrN3O2S2. The van der Waals surface area contributed by atoms with Crippen molar-refractivity contribution >= 4 is 48.7 Å². The molecule has 1 aromatic heterocycles. The third kappa shape index (κ3) is 3.47. The van der Waals surface area contributed by atoms with Gasteiger partial charge >= 0.3 is 0 Å². The molecule has 0 amide bonds. The zero-order chi connectivity index (χ0) is 14.0. The van der Waals surface area contributed by atoms with Gasteiger partial charge in [-0.05, 0) is 45.6 Å². The van der Waals surface area contributed by atoms with Gasteiger partial charge in [-0.2, -0.15) is 0 Å². The number of nitrogens with one attached hydrogen (secondary N) is 1. The maximum Gasteiger partial charge on any atom is 0.238 e. The smallest absolute Gasteiger partial charge is 0.238 e. The molecule has 102 valence electrons. The van der Waals surface area contributed by atoms with Crippen LogP contribution in [0, 0.1) is 0 Å². The number of rotatable bonds is 4. The van der Waals surface area contributed by atoms with Crippen LogP contribution in [0.15, 0.2) is 39.0 Å². The maximum atomic E-state index is 11.2. The van der Waals surface area contributed by atoms with Crippen molar-refractivity contribution in [2.75, 3.05) is 11.1 Å². The number of benzene rings is 1. The van der Waals surface area contributed by atoms with E-state index in [1.54, 1.807) is 17.4 Å². The number of hydrogen-bond donors (Lipinski definition) is 3. The molecule has 19 heavy (non-hydrogen) atoms. The molecule has 0 aliphatic carbocycles. The number of anilines is 2. The largest absolute Gasteiger partial charge is 0.398 e. The van der Waals surface area contributed by atoms with E-state index in [0.29, 0.717) is 11.0 Å². The number of thiophene rings is 1. The predicted octanol–water partition coefficient (Wildman–Crippen LogP) is 2.35. The van der Waals surface area contributed by atoms with Crippen LogP contribution in [0.3, 0.4) is 0 Å². The van der Waals surface area contributed by atoms with E-state index in [9.17, 15) is 8.42 Å². The highest BCUT2D eigenvalue weighted by molar-refractivity contribution is 9.10. The number of hydrogen-bond acceptors (Lipinski definition) is 5. The Kier molecular flexibility index (Phi) is 4.14. The first-order valence-corrected chi connectivity index (χ1v) is 8.48. The van der Waals surface area contributed by atoms with Crippen LogP contribution in [0.5, 0.6) is 0 Å². The Morgan fingerprint density at radius 2 is 2.05 bits per heavy atom. The molecule has 5 N–H and O–H groups in total. The summed E-state index contributed by atoms with van der Waals surface area (Å²) in [6.45, 7) is 0.580. The summed E-state index contributed by atoms with van der Waals surface area (Å²) in [5.74, 6) is 0. The highest BCUT2D eigenvalue weighted by Gasteiger charge is 2.10. The minimum Gasteiger partial charge on any atom is -0.398 e. The molecule has 0 saturated heterocycles. The number of nitrogen functional groups attached to an aromatic ring is 1. The maximum absolute atomic E-state index is 11.2. The fourth-order valence-corrected chi connectivity index (χ4v) is 3.43. The lowest BCUT2D eigenvalue weighted by atomic mass is 10.3. The second kappa shape index (κ2) is 5.49. The van der Waals surface area contributed by atoms with E-state index < -0.39 is 10.0 Å². The minimum atomic E-state index is -3.68. The van der Waals surface area contributed by atoms with Crippen molar-refractivity contribution in [1.82, 2.24) is 0 Å². The van der Waals surface area contributed by atoms with E-state index in [-0.39, 0.29) is 4.90 Å². The van der Waals surface area contributed by atoms with Crippen LogP contribution in [0.25, 0.3) is 0 Å². The van der Waals surface area contributed by atoms with E-state index in [0.717, 1.165) is 16.3 Å². The SMILES string of the molecule is Nc1ccsc1CNc1ccc(S(N)(=O)=O)cc1Br. The lowest BCUT2D eigenvalue weighted by Crippen LogP contribution is -2.12. The van der Waals surface area contributed by atoms with Gasteiger partial charge in [-0.25, -0.2) is 13.6 Å². The van der Waals surface area contributed by atoms with Gasteiger partial charge in [0.05, 0.1) is 11.4 Å². The molecule has 2 rings (SSSR count). The molecule has 2 aromatic rings. The predicted molar refractivity (Wildman–Crippen MR) is 81.6 cm³/mol. The second-order valence-corrected chi connectivity index (χ2v) is 7.26. The van der Waals surface area contributed by atoms with Crippen LogP contribution in [0.4, 0.5) is 11.4 Å². The normalized spacial score (nSPS) is 11.5. The molecule has 8 heteroatoms. The Labute approximate surface area is 123 Å². The molecule has 0 atom stereocenters. The van der Waals surface area contributed by atoms with Gasteiger partial charge in [-0.1, -0.05) is 0 Å². The quantitative estimate of drug-likeness (QED) is 0.778. The molecule has 0 aliphatic heterocycles. The fourth-order valence-electron chi connectivity index (χ4n) is 1.49. The lowest BCUT2D eigenvalue weighted by Gasteiger charge is -2.09. The van der Waals surface area contributed by atoms with Crippen molar-refractivity contribution in [3.8, 4) is 0 Å². The zero-order valence-corrected chi connectivity index (χ0v) is 13.0. The Balaban J connectivity index is 2.16.